The number of nitrogens with zero attached hydrogens (tertiary/aromatic N) is 1. The first-order valence-corrected chi connectivity index (χ1v) is 13.6. The van der Waals surface area contributed by atoms with Crippen LogP contribution in [0.3, 0.4) is 0 Å². The highest BCUT2D eigenvalue weighted by molar-refractivity contribution is 6.31. The number of nitrogens with one attached hydrogen (secondary N) is 1. The van der Waals surface area contributed by atoms with Crippen LogP contribution in [0.4, 0.5) is 4.79 Å². The summed E-state index contributed by atoms with van der Waals surface area (Å²) in [5.41, 5.74) is 4.09. The molecular weight excluding hydrogens is 516 g/mol. The lowest BCUT2D eigenvalue weighted by molar-refractivity contribution is -0.139. The third-order valence-corrected chi connectivity index (χ3v) is 7.48. The van der Waals surface area contributed by atoms with E-state index < -0.39 is 11.9 Å². The van der Waals surface area contributed by atoms with E-state index in [0.717, 1.165) is 34.3 Å². The zero-order valence-corrected chi connectivity index (χ0v) is 22.7. The molecule has 2 aliphatic heterocycles. The van der Waals surface area contributed by atoms with Crippen molar-refractivity contribution in [2.75, 3.05) is 19.8 Å². The lowest BCUT2D eigenvalue weighted by atomic mass is 9.92. The molecule has 39 heavy (non-hydrogen) atoms. The second-order valence-electron chi connectivity index (χ2n) is 10.4. The van der Waals surface area contributed by atoms with Crippen LogP contribution in [0, 0.1) is 0 Å². The summed E-state index contributed by atoms with van der Waals surface area (Å²) in [6, 6.07) is 22.5. The molecule has 8 heteroatoms. The molecule has 0 saturated carbocycles. The number of fused-ring (bicyclic) bond motifs is 3. The molecule has 0 radical (unpaired) electrons. The zero-order chi connectivity index (χ0) is 27.0. The molecule has 0 aliphatic carbocycles. The van der Waals surface area contributed by atoms with Crippen LogP contribution in [0.15, 0.2) is 72.8 Å². The number of carbonyl (C=O) groups excluding carboxylic acids is 1. The van der Waals surface area contributed by atoms with Gasteiger partial charge in [-0.25, -0.2) is 4.79 Å². The van der Waals surface area contributed by atoms with E-state index in [1.807, 2.05) is 74.5 Å². The summed E-state index contributed by atoms with van der Waals surface area (Å²) in [7, 11) is 0. The quantitative estimate of drug-likeness (QED) is 0.285. The molecule has 1 aromatic heterocycles. The van der Waals surface area contributed by atoms with Crippen LogP contribution in [0.1, 0.15) is 43.1 Å². The number of carbonyl (C=O) groups is 1. The van der Waals surface area contributed by atoms with Gasteiger partial charge in [0.1, 0.15) is 17.5 Å². The van der Waals surface area contributed by atoms with Crippen molar-refractivity contribution >= 4 is 28.6 Å². The third-order valence-electron chi connectivity index (χ3n) is 7.24. The monoisotopic (exact) mass is 546 g/mol. The smallest absolute Gasteiger partial charge is 0.416 e. The number of aromatic amines is 1. The van der Waals surface area contributed by atoms with Gasteiger partial charge in [-0.1, -0.05) is 41.9 Å². The molecule has 2 unspecified atom stereocenters. The fourth-order valence-corrected chi connectivity index (χ4v) is 5.58. The molecule has 2 atom stereocenters. The Hall–Kier alpha value is -3.52. The Labute approximate surface area is 232 Å². The van der Waals surface area contributed by atoms with Gasteiger partial charge < -0.3 is 23.9 Å². The van der Waals surface area contributed by atoms with E-state index in [4.69, 9.17) is 30.5 Å². The summed E-state index contributed by atoms with van der Waals surface area (Å²) in [5, 5.41) is 1.77. The van der Waals surface area contributed by atoms with Crippen LogP contribution in [-0.2, 0) is 15.9 Å². The first-order valence-electron chi connectivity index (χ1n) is 13.2. The SMILES string of the molecule is CC1(C)OCC(CCOc2ccc(C3c4[nH]c5ccc(Cl)cc5c4CCN3C(=O)Oc3ccccc3)cc2)O1. The lowest BCUT2D eigenvalue weighted by Gasteiger charge is -2.35. The molecule has 3 aromatic carbocycles. The first-order chi connectivity index (χ1) is 18.9. The van der Waals surface area contributed by atoms with E-state index in [9.17, 15) is 4.79 Å². The van der Waals surface area contributed by atoms with Crippen LogP contribution in [0.25, 0.3) is 10.9 Å². The molecular formula is C31H31ClN2O5. The molecule has 4 aromatic rings. The van der Waals surface area contributed by atoms with E-state index in [-0.39, 0.29) is 12.1 Å². The Morgan fingerprint density at radius 2 is 1.87 bits per heavy atom. The van der Waals surface area contributed by atoms with Gasteiger partial charge in [0.15, 0.2) is 5.79 Å². The van der Waals surface area contributed by atoms with Crippen LogP contribution in [-0.4, -0.2) is 47.6 Å². The van der Waals surface area contributed by atoms with E-state index >= 15 is 0 Å². The molecule has 0 spiro atoms. The molecule has 202 valence electrons. The van der Waals surface area contributed by atoms with Gasteiger partial charge in [0.2, 0.25) is 0 Å². The number of hydrogen-bond acceptors (Lipinski definition) is 5. The van der Waals surface area contributed by atoms with Crippen molar-refractivity contribution in [3.63, 3.8) is 0 Å². The van der Waals surface area contributed by atoms with Crippen molar-refractivity contribution in [2.24, 2.45) is 0 Å². The van der Waals surface area contributed by atoms with Crippen molar-refractivity contribution in [1.82, 2.24) is 9.88 Å². The second kappa shape index (κ2) is 10.6. The molecule has 1 N–H and O–H groups in total. The van der Waals surface area contributed by atoms with Crippen LogP contribution in [0.2, 0.25) is 5.02 Å². The maximum absolute atomic E-state index is 13.4. The molecule has 1 saturated heterocycles. The molecule has 1 fully saturated rings. The van der Waals surface area contributed by atoms with Gasteiger partial charge in [-0.05, 0) is 73.9 Å². The highest BCUT2D eigenvalue weighted by Crippen LogP contribution is 2.40. The number of H-pyrrole nitrogens is 1. The Morgan fingerprint density at radius 1 is 1.08 bits per heavy atom. The molecule has 7 nitrogen and oxygen atoms in total. The molecule has 0 bridgehead atoms. The summed E-state index contributed by atoms with van der Waals surface area (Å²) in [6.45, 7) is 5.45. The predicted molar refractivity (Wildman–Crippen MR) is 149 cm³/mol. The largest absolute Gasteiger partial charge is 0.493 e. The molecule has 3 heterocycles. The maximum Gasteiger partial charge on any atom is 0.416 e. The predicted octanol–water partition coefficient (Wildman–Crippen LogP) is 6.89. The Kier molecular flexibility index (Phi) is 6.97. The van der Waals surface area contributed by atoms with Crippen molar-refractivity contribution in [1.29, 1.82) is 0 Å². The van der Waals surface area contributed by atoms with E-state index in [1.165, 1.54) is 5.56 Å². The number of rotatable bonds is 6. The topological polar surface area (TPSA) is 73.0 Å². The number of amides is 1. The fraction of sp³-hybridized carbons (Fsp3) is 0.323. The fourth-order valence-electron chi connectivity index (χ4n) is 5.41. The minimum absolute atomic E-state index is 0.0274. The van der Waals surface area contributed by atoms with Gasteiger partial charge in [-0.15, -0.1) is 0 Å². The normalized spacial score (nSPS) is 20.1. The van der Waals surface area contributed by atoms with Gasteiger partial charge in [0.25, 0.3) is 0 Å². The van der Waals surface area contributed by atoms with E-state index in [2.05, 4.69) is 4.98 Å². The minimum Gasteiger partial charge on any atom is -0.493 e. The summed E-state index contributed by atoms with van der Waals surface area (Å²) >= 11 is 6.33. The van der Waals surface area contributed by atoms with Gasteiger partial charge in [-0.3, -0.25) is 4.90 Å². The summed E-state index contributed by atoms with van der Waals surface area (Å²) < 4.78 is 23.3. The van der Waals surface area contributed by atoms with Crippen molar-refractivity contribution in [2.45, 2.75) is 44.6 Å². The first kappa shape index (κ1) is 25.7. The molecule has 2 aliphatic rings. The third kappa shape index (κ3) is 5.48. The summed E-state index contributed by atoms with van der Waals surface area (Å²) in [5.74, 6) is 0.737. The van der Waals surface area contributed by atoms with Crippen LogP contribution < -0.4 is 9.47 Å². The highest BCUT2D eigenvalue weighted by atomic mass is 35.5. The standard InChI is InChI=1S/C31H31ClN2O5/c1-31(2)37-19-24(39-31)15-17-36-22-11-8-20(9-12-22)29-28-25(26-18-21(32)10-13-27(26)33-28)14-16-34(29)30(35)38-23-6-4-3-5-7-23/h3-13,18,24,29,33H,14-17,19H2,1-2H3. The average molecular weight is 547 g/mol. The van der Waals surface area contributed by atoms with E-state index in [1.54, 1.807) is 17.0 Å². The molecule has 1 amide bonds. The van der Waals surface area contributed by atoms with Crippen LogP contribution >= 0.6 is 11.6 Å². The van der Waals surface area contributed by atoms with E-state index in [0.29, 0.717) is 37.0 Å². The maximum atomic E-state index is 13.4. The van der Waals surface area contributed by atoms with Crippen molar-refractivity contribution in [3.05, 3.63) is 94.6 Å². The Bertz CT molecular complexity index is 1470. The van der Waals surface area contributed by atoms with Gasteiger partial charge >= 0.3 is 6.09 Å². The second-order valence-corrected chi connectivity index (χ2v) is 10.8. The van der Waals surface area contributed by atoms with Crippen molar-refractivity contribution in [3.8, 4) is 11.5 Å². The number of hydrogen-bond donors (Lipinski definition) is 1. The summed E-state index contributed by atoms with van der Waals surface area (Å²) in [6.07, 6.45) is 1.07. The van der Waals surface area contributed by atoms with Crippen LogP contribution in [0.5, 0.6) is 11.5 Å². The minimum atomic E-state index is -0.535. The number of halogens is 1. The number of benzene rings is 3. The lowest BCUT2D eigenvalue weighted by Crippen LogP contribution is -2.42. The highest BCUT2D eigenvalue weighted by Gasteiger charge is 2.36. The summed E-state index contributed by atoms with van der Waals surface area (Å²) in [4.78, 5) is 18.8. The number of ether oxygens (including phenoxy) is 4. The Balaban J connectivity index is 1.25. The van der Waals surface area contributed by atoms with Gasteiger partial charge in [0.05, 0.1) is 19.3 Å². The Morgan fingerprint density at radius 3 is 2.62 bits per heavy atom. The molecule has 6 rings (SSSR count). The van der Waals surface area contributed by atoms with Crippen molar-refractivity contribution < 1.29 is 23.7 Å². The van der Waals surface area contributed by atoms with Gasteiger partial charge in [-0.2, -0.15) is 0 Å². The van der Waals surface area contributed by atoms with Gasteiger partial charge in [0, 0.05) is 34.6 Å². The average Bonchev–Trinajstić information content (AvgIpc) is 3.47. The zero-order valence-electron chi connectivity index (χ0n) is 22.0. The number of aromatic nitrogens is 1. The number of para-hydroxylation sites is 1.